The summed E-state index contributed by atoms with van der Waals surface area (Å²) in [6, 6.07) is 5.92. The van der Waals surface area contributed by atoms with Gasteiger partial charge in [-0.15, -0.1) is 5.53 Å². The highest BCUT2D eigenvalue weighted by Gasteiger charge is 2.24. The van der Waals surface area contributed by atoms with E-state index in [1.807, 2.05) is 24.4 Å². The third-order valence-corrected chi connectivity index (χ3v) is 4.64. The maximum absolute atomic E-state index is 12.5. The van der Waals surface area contributed by atoms with E-state index in [4.69, 9.17) is 16.4 Å². The summed E-state index contributed by atoms with van der Waals surface area (Å²) in [4.78, 5) is 18.3. The molecule has 0 aromatic heterocycles. The van der Waals surface area contributed by atoms with Crippen LogP contribution in [0.4, 0.5) is 5.69 Å². The van der Waals surface area contributed by atoms with Crippen molar-refractivity contribution in [2.45, 2.75) is 59.5 Å². The van der Waals surface area contributed by atoms with Gasteiger partial charge >= 0.3 is 0 Å². The van der Waals surface area contributed by atoms with Crippen LogP contribution >= 0.6 is 11.6 Å². The monoisotopic (exact) mass is 394 g/mol. The number of anilines is 1. The number of hydrogen-bond acceptors (Lipinski definition) is 5. The Hall–Kier alpha value is -1.76. The van der Waals surface area contributed by atoms with Crippen molar-refractivity contribution < 1.29 is 9.63 Å². The molecule has 0 saturated heterocycles. The molecule has 150 valence electrons. The van der Waals surface area contributed by atoms with E-state index < -0.39 is 6.10 Å². The number of aryl methyl sites for hydroxylation is 1. The first-order valence-corrected chi connectivity index (χ1v) is 10.1. The average molecular weight is 395 g/mol. The summed E-state index contributed by atoms with van der Waals surface area (Å²) in [5, 5.41) is 6.96. The average Bonchev–Trinajstić information content (AvgIpc) is 3.11. The Morgan fingerprint density at radius 3 is 2.70 bits per heavy atom. The Kier molecular flexibility index (Phi) is 8.41. The summed E-state index contributed by atoms with van der Waals surface area (Å²) in [6.07, 6.45) is 6.54. The van der Waals surface area contributed by atoms with Gasteiger partial charge in [-0.1, -0.05) is 58.2 Å². The van der Waals surface area contributed by atoms with Crippen LogP contribution in [0, 0.1) is 5.92 Å². The zero-order valence-corrected chi connectivity index (χ0v) is 17.4. The number of carbonyl (C=O) groups excluding carboxylic acids is 1. The molecule has 1 amide bonds. The minimum Gasteiger partial charge on any atom is -0.354 e. The molecule has 6 nitrogen and oxygen atoms in total. The normalized spacial score (nSPS) is 14.9. The quantitative estimate of drug-likeness (QED) is 0.623. The largest absolute Gasteiger partial charge is 0.354 e. The van der Waals surface area contributed by atoms with Crippen LogP contribution in [0.15, 0.2) is 30.6 Å². The molecule has 1 aliphatic heterocycles. The van der Waals surface area contributed by atoms with Crippen LogP contribution in [0.5, 0.6) is 0 Å². The molecule has 1 heterocycles. The Balaban J connectivity index is 1.96. The van der Waals surface area contributed by atoms with Gasteiger partial charge in [-0.05, 0) is 36.5 Å². The van der Waals surface area contributed by atoms with Crippen LogP contribution in [0.2, 0.25) is 5.02 Å². The molecule has 2 N–H and O–H groups in total. The second-order valence-corrected chi connectivity index (χ2v) is 7.51. The Morgan fingerprint density at radius 1 is 1.30 bits per heavy atom. The van der Waals surface area contributed by atoms with Crippen molar-refractivity contribution in [3.8, 4) is 0 Å². The van der Waals surface area contributed by atoms with E-state index >= 15 is 0 Å². The van der Waals surface area contributed by atoms with Gasteiger partial charge in [-0.25, -0.2) is 4.84 Å². The molecule has 1 aliphatic rings. The highest BCUT2D eigenvalue weighted by Crippen LogP contribution is 2.25. The molecule has 7 heteroatoms. The zero-order chi connectivity index (χ0) is 19.8. The first kappa shape index (κ1) is 21.5. The minimum atomic E-state index is -0.535. The number of hydroxylamine groups is 1. The fourth-order valence-corrected chi connectivity index (χ4v) is 2.96. The smallest absolute Gasteiger partial charge is 0.251 e. The van der Waals surface area contributed by atoms with Crippen LogP contribution < -0.4 is 15.9 Å². The van der Waals surface area contributed by atoms with E-state index in [1.54, 1.807) is 11.2 Å². The van der Waals surface area contributed by atoms with E-state index in [-0.39, 0.29) is 5.91 Å². The molecular formula is C20H31ClN4O2. The van der Waals surface area contributed by atoms with Crippen LogP contribution in [0.3, 0.4) is 0 Å². The van der Waals surface area contributed by atoms with E-state index in [0.717, 1.165) is 35.5 Å². The second-order valence-electron chi connectivity index (χ2n) is 7.10. The molecule has 0 fully saturated rings. The van der Waals surface area contributed by atoms with Gasteiger partial charge in [0.25, 0.3) is 5.91 Å². The van der Waals surface area contributed by atoms with Gasteiger partial charge < -0.3 is 5.32 Å². The number of halogens is 1. The fraction of sp³-hybridized carbons (Fsp3) is 0.550. The lowest BCUT2D eigenvalue weighted by Gasteiger charge is -2.26. The third-order valence-electron chi connectivity index (χ3n) is 4.29. The molecule has 2 rings (SSSR count). The number of benzene rings is 1. The van der Waals surface area contributed by atoms with Crippen LogP contribution in [-0.2, 0) is 16.1 Å². The molecule has 1 aromatic rings. The highest BCUT2D eigenvalue weighted by atomic mass is 35.5. The number of nitrogens with one attached hydrogen (secondary N) is 2. The number of rotatable bonds is 10. The van der Waals surface area contributed by atoms with Gasteiger partial charge in [0, 0.05) is 17.8 Å². The van der Waals surface area contributed by atoms with Crippen LogP contribution in [0.1, 0.15) is 52.5 Å². The lowest BCUT2D eigenvalue weighted by Crippen LogP contribution is -2.46. The number of hydrazine groups is 2. The third kappa shape index (κ3) is 6.41. The molecule has 0 spiro atoms. The van der Waals surface area contributed by atoms with Gasteiger partial charge in [0.1, 0.15) is 0 Å². The number of carbonyl (C=O) groups is 1. The maximum atomic E-state index is 12.5. The van der Waals surface area contributed by atoms with Gasteiger partial charge in [0.05, 0.1) is 11.9 Å². The first-order chi connectivity index (χ1) is 12.9. The lowest BCUT2D eigenvalue weighted by atomic mass is 10.1. The standard InChI is InChI=1S/C20H31ClN4O2/c1-5-7-8-19(20(26)22-14-15(3)4)27-25-12-11-24(23-25)17-10-9-16(6-2)18(21)13-17/h9-13,15,19,23H,5-8,14H2,1-4H3,(H,22,26). The summed E-state index contributed by atoms with van der Waals surface area (Å²) >= 11 is 6.31. The number of unbranched alkanes of at least 4 members (excludes halogenated alkanes) is 1. The summed E-state index contributed by atoms with van der Waals surface area (Å²) in [5.41, 5.74) is 5.10. The SMILES string of the molecule is CCCCC(ON1C=CN(c2ccc(CC)c(Cl)c2)N1)C(=O)NCC(C)C. The predicted octanol–water partition coefficient (Wildman–Crippen LogP) is 4.18. The van der Waals surface area contributed by atoms with Crippen molar-refractivity contribution in [1.82, 2.24) is 16.0 Å². The Labute approximate surface area is 167 Å². The van der Waals surface area contributed by atoms with Crippen molar-refractivity contribution in [1.29, 1.82) is 0 Å². The van der Waals surface area contributed by atoms with E-state index in [1.165, 1.54) is 5.17 Å². The molecule has 0 bridgehead atoms. The summed E-state index contributed by atoms with van der Waals surface area (Å²) in [5.74, 6) is 0.318. The fourth-order valence-electron chi connectivity index (χ4n) is 2.65. The lowest BCUT2D eigenvalue weighted by molar-refractivity contribution is -0.197. The summed E-state index contributed by atoms with van der Waals surface area (Å²) in [7, 11) is 0. The molecule has 0 radical (unpaired) electrons. The number of nitrogens with zero attached hydrogens (tertiary/aromatic N) is 2. The van der Waals surface area contributed by atoms with Gasteiger partial charge in [0.2, 0.25) is 0 Å². The highest BCUT2D eigenvalue weighted by molar-refractivity contribution is 6.31. The van der Waals surface area contributed by atoms with Crippen LogP contribution in [-0.4, -0.2) is 23.7 Å². The van der Waals surface area contributed by atoms with Crippen molar-refractivity contribution in [2.24, 2.45) is 5.92 Å². The number of hydrogen-bond donors (Lipinski definition) is 2. The first-order valence-electron chi connectivity index (χ1n) is 9.70. The topological polar surface area (TPSA) is 56.8 Å². The predicted molar refractivity (Wildman–Crippen MR) is 110 cm³/mol. The molecular weight excluding hydrogens is 364 g/mol. The molecule has 0 aliphatic carbocycles. The van der Waals surface area contributed by atoms with Crippen molar-refractivity contribution in [3.05, 3.63) is 41.2 Å². The Morgan fingerprint density at radius 2 is 2.07 bits per heavy atom. The molecule has 0 saturated carbocycles. The maximum Gasteiger partial charge on any atom is 0.251 e. The molecule has 1 unspecified atom stereocenters. The Bertz CT molecular complexity index is 651. The van der Waals surface area contributed by atoms with Crippen molar-refractivity contribution >= 4 is 23.2 Å². The van der Waals surface area contributed by atoms with Gasteiger partial charge in [-0.3, -0.25) is 9.80 Å². The van der Waals surface area contributed by atoms with E-state index in [0.29, 0.717) is 18.9 Å². The van der Waals surface area contributed by atoms with Crippen molar-refractivity contribution in [2.75, 3.05) is 11.6 Å². The van der Waals surface area contributed by atoms with Gasteiger partial charge in [-0.2, -0.15) is 5.17 Å². The summed E-state index contributed by atoms with van der Waals surface area (Å²) < 4.78 is 0. The van der Waals surface area contributed by atoms with Crippen LogP contribution in [0.25, 0.3) is 0 Å². The van der Waals surface area contributed by atoms with E-state index in [9.17, 15) is 4.79 Å². The van der Waals surface area contributed by atoms with Crippen molar-refractivity contribution in [3.63, 3.8) is 0 Å². The molecule has 1 atom stereocenters. The number of amides is 1. The van der Waals surface area contributed by atoms with Gasteiger partial charge in [0.15, 0.2) is 6.10 Å². The molecule has 1 aromatic carbocycles. The molecule has 27 heavy (non-hydrogen) atoms. The zero-order valence-electron chi connectivity index (χ0n) is 16.7. The second kappa shape index (κ2) is 10.5. The minimum absolute atomic E-state index is 0.0823. The summed E-state index contributed by atoms with van der Waals surface area (Å²) in [6.45, 7) is 8.95. The van der Waals surface area contributed by atoms with E-state index in [2.05, 4.69) is 38.5 Å².